The zero-order valence-electron chi connectivity index (χ0n) is 7.27. The van der Waals surface area contributed by atoms with Crippen molar-refractivity contribution >= 4 is 39.0 Å². The molecule has 0 spiro atoms. The first-order valence-electron chi connectivity index (χ1n) is 3.81. The summed E-state index contributed by atoms with van der Waals surface area (Å²) in [6.07, 6.45) is 3.46. The molecule has 0 atom stereocenters. The Balaban J connectivity index is 2.15. The van der Waals surface area contributed by atoms with Gasteiger partial charge in [0, 0.05) is 23.5 Å². The normalized spacial score (nSPS) is 10.4. The Morgan fingerprint density at radius 2 is 2.07 bits per heavy atom. The van der Waals surface area contributed by atoms with Crippen molar-refractivity contribution < 1.29 is 0 Å². The number of hydrogen-bond acceptors (Lipinski definition) is 5. The predicted molar refractivity (Wildman–Crippen MR) is 60.7 cm³/mol. The molecule has 2 heterocycles. The van der Waals surface area contributed by atoms with Crippen LogP contribution in [0.15, 0.2) is 31.7 Å². The molecule has 0 radical (unpaired) electrons. The summed E-state index contributed by atoms with van der Waals surface area (Å²) in [5.41, 5.74) is 1.04. The van der Waals surface area contributed by atoms with E-state index in [1.54, 1.807) is 23.7 Å². The van der Waals surface area contributed by atoms with Crippen LogP contribution in [-0.4, -0.2) is 15.0 Å². The topological polar surface area (TPSA) is 38.7 Å². The summed E-state index contributed by atoms with van der Waals surface area (Å²) >= 11 is 6.38. The largest absolute Gasteiger partial charge is 0.235 e. The van der Waals surface area contributed by atoms with Crippen LogP contribution in [-0.2, 0) is 0 Å². The van der Waals surface area contributed by atoms with E-state index < -0.39 is 0 Å². The van der Waals surface area contributed by atoms with Crippen molar-refractivity contribution in [3.05, 3.63) is 27.9 Å². The van der Waals surface area contributed by atoms with Gasteiger partial charge < -0.3 is 0 Å². The van der Waals surface area contributed by atoms with Crippen molar-refractivity contribution in [3.63, 3.8) is 0 Å². The van der Waals surface area contributed by atoms with Crippen molar-refractivity contribution in [1.29, 1.82) is 0 Å². The number of rotatable bonds is 2. The number of nitrogens with zero attached hydrogens (tertiary/aromatic N) is 3. The van der Waals surface area contributed by atoms with E-state index in [1.807, 2.05) is 12.3 Å². The van der Waals surface area contributed by atoms with Crippen LogP contribution in [0, 0.1) is 6.92 Å². The first-order chi connectivity index (χ1) is 6.74. The molecule has 2 rings (SSSR count). The lowest BCUT2D eigenvalue weighted by atomic mass is 10.6. The van der Waals surface area contributed by atoms with Crippen LogP contribution in [0.5, 0.6) is 0 Å². The van der Waals surface area contributed by atoms with Gasteiger partial charge in [0.1, 0.15) is 0 Å². The number of aromatic nitrogens is 3. The number of aryl methyl sites for hydroxylation is 1. The van der Waals surface area contributed by atoms with Gasteiger partial charge in [0.25, 0.3) is 0 Å². The van der Waals surface area contributed by atoms with E-state index in [2.05, 4.69) is 30.9 Å². The van der Waals surface area contributed by atoms with E-state index in [1.165, 1.54) is 11.8 Å². The molecule has 0 bridgehead atoms. The van der Waals surface area contributed by atoms with Crippen LogP contribution in [0.1, 0.15) is 5.69 Å². The first kappa shape index (κ1) is 10.1. The van der Waals surface area contributed by atoms with Gasteiger partial charge in [-0.05, 0) is 34.6 Å². The molecule has 6 heteroatoms. The minimum atomic E-state index is 0.725. The summed E-state index contributed by atoms with van der Waals surface area (Å²) in [6.45, 7) is 1.98. The Morgan fingerprint density at radius 1 is 1.36 bits per heavy atom. The Hall–Kier alpha value is -0.460. The van der Waals surface area contributed by atoms with E-state index in [4.69, 9.17) is 0 Å². The highest BCUT2D eigenvalue weighted by Crippen LogP contribution is 2.27. The molecule has 0 fully saturated rings. The highest BCUT2D eigenvalue weighted by atomic mass is 79.9. The van der Waals surface area contributed by atoms with Gasteiger partial charge in [0.05, 0.1) is 4.47 Å². The molecule has 0 aliphatic carbocycles. The van der Waals surface area contributed by atoms with Gasteiger partial charge >= 0.3 is 0 Å². The Kier molecular flexibility index (Phi) is 3.15. The van der Waals surface area contributed by atoms with Gasteiger partial charge in [-0.15, -0.1) is 11.3 Å². The van der Waals surface area contributed by atoms with Crippen molar-refractivity contribution in [2.45, 2.75) is 16.4 Å². The maximum absolute atomic E-state index is 4.32. The zero-order valence-corrected chi connectivity index (χ0v) is 10.5. The molecule has 0 saturated heterocycles. The van der Waals surface area contributed by atoms with Crippen LogP contribution in [0.3, 0.4) is 0 Å². The van der Waals surface area contributed by atoms with Crippen molar-refractivity contribution in [1.82, 2.24) is 15.0 Å². The van der Waals surface area contributed by atoms with E-state index >= 15 is 0 Å². The monoisotopic (exact) mass is 287 g/mol. The van der Waals surface area contributed by atoms with Crippen LogP contribution >= 0.6 is 39.0 Å². The van der Waals surface area contributed by atoms with Crippen molar-refractivity contribution in [2.24, 2.45) is 0 Å². The molecule has 0 unspecified atom stereocenters. The zero-order chi connectivity index (χ0) is 9.97. The van der Waals surface area contributed by atoms with Crippen LogP contribution in [0.4, 0.5) is 0 Å². The third-order valence-corrected chi connectivity index (χ3v) is 3.73. The number of thiazole rings is 1. The van der Waals surface area contributed by atoms with E-state index in [-0.39, 0.29) is 0 Å². The summed E-state index contributed by atoms with van der Waals surface area (Å²) in [6, 6.07) is 0. The van der Waals surface area contributed by atoms with Gasteiger partial charge in [-0.2, -0.15) is 0 Å². The quantitative estimate of drug-likeness (QED) is 0.796. The lowest BCUT2D eigenvalue weighted by Gasteiger charge is -1.94. The van der Waals surface area contributed by atoms with Gasteiger partial charge in [0.2, 0.25) is 0 Å². The second kappa shape index (κ2) is 4.37. The van der Waals surface area contributed by atoms with Crippen molar-refractivity contribution in [3.8, 4) is 0 Å². The summed E-state index contributed by atoms with van der Waals surface area (Å²) in [5.74, 6) is 0. The molecular weight excluding hydrogens is 282 g/mol. The highest BCUT2D eigenvalue weighted by Gasteiger charge is 2.03. The number of hydrogen-bond donors (Lipinski definition) is 0. The molecule has 2 aromatic rings. The minimum absolute atomic E-state index is 0.725. The first-order valence-corrected chi connectivity index (χ1v) is 6.30. The molecule has 3 nitrogen and oxygen atoms in total. The predicted octanol–water partition coefficient (Wildman–Crippen LogP) is 3.16. The van der Waals surface area contributed by atoms with E-state index in [9.17, 15) is 0 Å². The summed E-state index contributed by atoms with van der Waals surface area (Å²) < 4.78 is 1.86. The molecule has 0 aliphatic rings. The van der Waals surface area contributed by atoms with E-state index in [0.29, 0.717) is 0 Å². The molecule has 0 aliphatic heterocycles. The van der Waals surface area contributed by atoms with Crippen LogP contribution in [0.2, 0.25) is 0 Å². The lowest BCUT2D eigenvalue weighted by molar-refractivity contribution is 0.956. The molecule has 0 aromatic carbocycles. The second-order valence-corrected chi connectivity index (χ2v) is 5.53. The Labute approximate surface area is 98.1 Å². The second-order valence-electron chi connectivity index (χ2n) is 2.54. The molecule has 72 valence electrons. The van der Waals surface area contributed by atoms with Gasteiger partial charge in [-0.25, -0.2) is 15.0 Å². The minimum Gasteiger partial charge on any atom is -0.235 e. The fourth-order valence-electron chi connectivity index (χ4n) is 0.810. The third-order valence-electron chi connectivity index (χ3n) is 1.37. The highest BCUT2D eigenvalue weighted by molar-refractivity contribution is 9.10. The van der Waals surface area contributed by atoms with Crippen LogP contribution < -0.4 is 0 Å². The molecule has 0 amide bonds. The van der Waals surface area contributed by atoms with E-state index in [0.717, 1.165) is 19.7 Å². The summed E-state index contributed by atoms with van der Waals surface area (Å²) in [4.78, 5) is 12.6. The van der Waals surface area contributed by atoms with Crippen molar-refractivity contribution in [2.75, 3.05) is 0 Å². The van der Waals surface area contributed by atoms with Gasteiger partial charge in [0.15, 0.2) is 9.50 Å². The molecule has 14 heavy (non-hydrogen) atoms. The average Bonchev–Trinajstić information content (AvgIpc) is 2.56. The Bertz CT molecular complexity index is 426. The molecule has 0 N–H and O–H groups in total. The molecule has 2 aromatic heterocycles. The lowest BCUT2D eigenvalue weighted by Crippen LogP contribution is -1.84. The number of halogens is 1. The maximum Gasteiger partial charge on any atom is 0.194 e. The smallest absolute Gasteiger partial charge is 0.194 e. The average molecular weight is 288 g/mol. The Morgan fingerprint density at radius 3 is 2.64 bits per heavy atom. The summed E-state index contributed by atoms with van der Waals surface area (Å²) in [5, 5.41) is 2.74. The molecular formula is C8H6BrN3S2. The molecule has 0 saturated carbocycles. The van der Waals surface area contributed by atoms with Gasteiger partial charge in [-0.3, -0.25) is 0 Å². The maximum atomic E-state index is 4.32. The standard InChI is InChI=1S/C8H6BrN3S2/c1-5-4-13-8(12-5)14-7-10-2-6(9)3-11-7/h2-4H,1H3. The fraction of sp³-hybridized carbons (Fsp3) is 0.125. The van der Waals surface area contributed by atoms with Gasteiger partial charge in [-0.1, -0.05) is 0 Å². The summed E-state index contributed by atoms with van der Waals surface area (Å²) in [7, 11) is 0. The fourth-order valence-corrected chi connectivity index (χ4v) is 2.65. The SMILES string of the molecule is Cc1csc(Sc2ncc(Br)cn2)n1. The van der Waals surface area contributed by atoms with Crippen LogP contribution in [0.25, 0.3) is 0 Å². The third kappa shape index (κ3) is 2.52.